The summed E-state index contributed by atoms with van der Waals surface area (Å²) in [6.07, 6.45) is 0.799. The molecule has 1 aromatic carbocycles. The summed E-state index contributed by atoms with van der Waals surface area (Å²) in [5.74, 6) is 0. The van der Waals surface area contributed by atoms with Crippen molar-refractivity contribution in [3.63, 3.8) is 0 Å². The van der Waals surface area contributed by atoms with Gasteiger partial charge in [0.15, 0.2) is 6.29 Å². The molecule has 2 rings (SSSR count). The Bertz CT molecular complexity index is 587. The molecular formula is C13H13ClN2O. The highest BCUT2D eigenvalue weighted by Gasteiger charge is 2.12. The van der Waals surface area contributed by atoms with Crippen LogP contribution >= 0.6 is 11.6 Å². The summed E-state index contributed by atoms with van der Waals surface area (Å²) in [7, 11) is 0. The van der Waals surface area contributed by atoms with Gasteiger partial charge in [-0.05, 0) is 44.5 Å². The molecule has 0 aliphatic heterocycles. The second-order valence-electron chi connectivity index (χ2n) is 4.03. The van der Waals surface area contributed by atoms with Crippen LogP contribution in [0.3, 0.4) is 0 Å². The third-order valence-corrected chi connectivity index (χ3v) is 3.23. The van der Waals surface area contributed by atoms with Gasteiger partial charge in [0.05, 0.1) is 11.4 Å². The van der Waals surface area contributed by atoms with Gasteiger partial charge >= 0.3 is 0 Å². The molecular weight excluding hydrogens is 236 g/mol. The number of hydrogen-bond donors (Lipinski definition) is 0. The Morgan fingerprint density at radius 3 is 2.53 bits per heavy atom. The maximum atomic E-state index is 11.1. The molecule has 17 heavy (non-hydrogen) atoms. The van der Waals surface area contributed by atoms with Gasteiger partial charge in [0.1, 0.15) is 0 Å². The maximum Gasteiger partial charge on any atom is 0.152 e. The van der Waals surface area contributed by atoms with E-state index in [4.69, 9.17) is 11.6 Å². The molecule has 3 nitrogen and oxygen atoms in total. The third kappa shape index (κ3) is 1.98. The van der Waals surface area contributed by atoms with Gasteiger partial charge < -0.3 is 0 Å². The van der Waals surface area contributed by atoms with Gasteiger partial charge in [-0.1, -0.05) is 11.6 Å². The van der Waals surface area contributed by atoms with Crippen LogP contribution in [0.4, 0.5) is 0 Å². The highest BCUT2D eigenvalue weighted by molar-refractivity contribution is 6.30. The van der Waals surface area contributed by atoms with E-state index in [0.29, 0.717) is 10.6 Å². The lowest BCUT2D eigenvalue weighted by Crippen LogP contribution is -2.03. The average molecular weight is 249 g/mol. The van der Waals surface area contributed by atoms with Crippen LogP contribution in [0.5, 0.6) is 0 Å². The maximum absolute atomic E-state index is 11.1. The molecule has 0 amide bonds. The van der Waals surface area contributed by atoms with E-state index in [2.05, 4.69) is 5.10 Å². The number of rotatable bonds is 2. The number of nitrogens with zero attached hydrogens (tertiary/aromatic N) is 2. The molecule has 0 bridgehead atoms. The van der Waals surface area contributed by atoms with Crippen LogP contribution in [0.15, 0.2) is 18.2 Å². The summed E-state index contributed by atoms with van der Waals surface area (Å²) in [5, 5.41) is 4.98. The van der Waals surface area contributed by atoms with E-state index < -0.39 is 0 Å². The molecule has 0 aliphatic rings. The molecule has 0 saturated carbocycles. The van der Waals surface area contributed by atoms with Crippen molar-refractivity contribution in [3.05, 3.63) is 45.7 Å². The van der Waals surface area contributed by atoms with E-state index >= 15 is 0 Å². The molecule has 0 atom stereocenters. The molecule has 0 saturated heterocycles. The van der Waals surface area contributed by atoms with Crippen molar-refractivity contribution in [1.82, 2.24) is 9.78 Å². The van der Waals surface area contributed by atoms with Gasteiger partial charge in [-0.25, -0.2) is 4.68 Å². The van der Waals surface area contributed by atoms with Crippen LogP contribution in [-0.4, -0.2) is 16.1 Å². The Hall–Kier alpha value is -1.61. The van der Waals surface area contributed by atoms with E-state index in [0.717, 1.165) is 28.9 Å². The van der Waals surface area contributed by atoms with Crippen molar-refractivity contribution in [2.24, 2.45) is 0 Å². The van der Waals surface area contributed by atoms with Crippen molar-refractivity contribution in [1.29, 1.82) is 0 Å². The second kappa shape index (κ2) is 4.34. The zero-order chi connectivity index (χ0) is 12.6. The van der Waals surface area contributed by atoms with Crippen LogP contribution in [0.1, 0.15) is 27.3 Å². The highest BCUT2D eigenvalue weighted by Crippen LogP contribution is 2.21. The number of halogens is 1. The first-order valence-electron chi connectivity index (χ1n) is 5.32. The number of benzene rings is 1. The first-order valence-corrected chi connectivity index (χ1v) is 5.70. The number of aryl methyl sites for hydroxylation is 1. The Labute approximate surface area is 105 Å². The van der Waals surface area contributed by atoms with Crippen LogP contribution in [0.25, 0.3) is 5.69 Å². The predicted octanol–water partition coefficient (Wildman–Crippen LogP) is 3.26. The molecule has 1 heterocycles. The summed E-state index contributed by atoms with van der Waals surface area (Å²) in [4.78, 5) is 11.1. The quantitative estimate of drug-likeness (QED) is 0.765. The predicted molar refractivity (Wildman–Crippen MR) is 68.2 cm³/mol. The molecule has 0 N–H and O–H groups in total. The lowest BCUT2D eigenvalue weighted by Gasteiger charge is -2.07. The van der Waals surface area contributed by atoms with Crippen LogP contribution in [-0.2, 0) is 0 Å². The normalized spacial score (nSPS) is 10.6. The van der Waals surface area contributed by atoms with E-state index in [1.165, 1.54) is 0 Å². The van der Waals surface area contributed by atoms with Crippen molar-refractivity contribution in [2.75, 3.05) is 0 Å². The van der Waals surface area contributed by atoms with Crippen LogP contribution in [0.2, 0.25) is 5.02 Å². The summed E-state index contributed by atoms with van der Waals surface area (Å²) in [6, 6.07) is 5.22. The first-order chi connectivity index (χ1) is 8.04. The zero-order valence-electron chi connectivity index (χ0n) is 9.99. The third-order valence-electron chi connectivity index (χ3n) is 3.00. The zero-order valence-corrected chi connectivity index (χ0v) is 10.7. The molecule has 1 aromatic heterocycles. The fraction of sp³-hybridized carbons (Fsp3) is 0.231. The smallest absolute Gasteiger partial charge is 0.152 e. The van der Waals surface area contributed by atoms with Gasteiger partial charge in [0.2, 0.25) is 0 Å². The fourth-order valence-electron chi connectivity index (χ4n) is 1.77. The van der Waals surface area contributed by atoms with E-state index in [-0.39, 0.29) is 0 Å². The van der Waals surface area contributed by atoms with Gasteiger partial charge in [-0.15, -0.1) is 0 Å². The average Bonchev–Trinajstić information content (AvgIpc) is 2.57. The Balaban J connectivity index is 2.68. The van der Waals surface area contributed by atoms with Crippen molar-refractivity contribution in [2.45, 2.75) is 20.8 Å². The lowest BCUT2D eigenvalue weighted by molar-refractivity contribution is 0.112. The molecule has 0 fully saturated rings. The van der Waals surface area contributed by atoms with Crippen molar-refractivity contribution >= 4 is 17.9 Å². The van der Waals surface area contributed by atoms with Crippen molar-refractivity contribution < 1.29 is 4.79 Å². The number of aromatic nitrogens is 2. The molecule has 0 radical (unpaired) electrons. The monoisotopic (exact) mass is 248 g/mol. The largest absolute Gasteiger partial charge is 0.298 e. The Morgan fingerprint density at radius 2 is 2.00 bits per heavy atom. The molecule has 4 heteroatoms. The summed E-state index contributed by atoms with van der Waals surface area (Å²) in [6.45, 7) is 5.96. The summed E-state index contributed by atoms with van der Waals surface area (Å²) in [5.41, 5.74) is 4.44. The highest BCUT2D eigenvalue weighted by atomic mass is 35.5. The SMILES string of the molecule is Cc1nn(-c2ccc(Cl)cc2C=O)c(C)c1C. The first kappa shape index (κ1) is 11.9. The van der Waals surface area contributed by atoms with E-state index in [9.17, 15) is 4.79 Å². The number of hydrogen-bond acceptors (Lipinski definition) is 2. The summed E-state index contributed by atoms with van der Waals surface area (Å²) < 4.78 is 1.78. The molecule has 0 aliphatic carbocycles. The van der Waals surface area contributed by atoms with Crippen LogP contribution < -0.4 is 0 Å². The van der Waals surface area contributed by atoms with E-state index in [1.807, 2.05) is 26.8 Å². The minimum Gasteiger partial charge on any atom is -0.298 e. The molecule has 2 aromatic rings. The minimum absolute atomic E-state index is 0.545. The standard InChI is InChI=1S/C13H13ClN2O/c1-8-9(2)15-16(10(8)3)13-5-4-12(14)6-11(13)7-17/h4-7H,1-3H3. The number of aldehydes is 1. The molecule has 0 spiro atoms. The number of carbonyl (C=O) groups excluding carboxylic acids is 1. The minimum atomic E-state index is 0.545. The van der Waals surface area contributed by atoms with Crippen LogP contribution in [0, 0.1) is 20.8 Å². The van der Waals surface area contributed by atoms with Gasteiger partial charge in [0, 0.05) is 16.3 Å². The van der Waals surface area contributed by atoms with Gasteiger partial charge in [-0.3, -0.25) is 4.79 Å². The Morgan fingerprint density at radius 1 is 1.29 bits per heavy atom. The summed E-state index contributed by atoms with van der Waals surface area (Å²) >= 11 is 5.87. The molecule has 0 unspecified atom stereocenters. The lowest BCUT2D eigenvalue weighted by atomic mass is 10.2. The van der Waals surface area contributed by atoms with E-state index in [1.54, 1.807) is 16.8 Å². The van der Waals surface area contributed by atoms with Crippen molar-refractivity contribution in [3.8, 4) is 5.69 Å². The number of carbonyl (C=O) groups is 1. The fourth-order valence-corrected chi connectivity index (χ4v) is 1.95. The molecule has 88 valence electrons. The second-order valence-corrected chi connectivity index (χ2v) is 4.47. The van der Waals surface area contributed by atoms with Gasteiger partial charge in [0.25, 0.3) is 0 Å². The topological polar surface area (TPSA) is 34.9 Å². The Kier molecular flexibility index (Phi) is 3.03. The van der Waals surface area contributed by atoms with Gasteiger partial charge in [-0.2, -0.15) is 5.10 Å².